The Morgan fingerprint density at radius 1 is 1.39 bits per heavy atom. The largest absolute Gasteiger partial charge is 0.369 e. The van der Waals surface area contributed by atoms with Crippen LogP contribution in [0.1, 0.15) is 16.3 Å². The van der Waals surface area contributed by atoms with Crippen LogP contribution in [0.2, 0.25) is 0 Å². The van der Waals surface area contributed by atoms with Crippen molar-refractivity contribution in [1.29, 1.82) is 0 Å². The number of aromatic nitrogens is 1. The number of benzene rings is 1. The molecule has 0 saturated carbocycles. The second-order valence-electron chi connectivity index (χ2n) is 4.17. The van der Waals surface area contributed by atoms with Gasteiger partial charge in [0.25, 0.3) is 0 Å². The Bertz CT molecular complexity index is 542. The van der Waals surface area contributed by atoms with Crippen molar-refractivity contribution in [3.63, 3.8) is 0 Å². The van der Waals surface area contributed by atoms with Crippen LogP contribution in [0.4, 0.5) is 10.1 Å². The van der Waals surface area contributed by atoms with Gasteiger partial charge < -0.3 is 4.90 Å². The summed E-state index contributed by atoms with van der Waals surface area (Å²) in [6.07, 6.45) is 0. The van der Waals surface area contributed by atoms with Crippen molar-refractivity contribution < 1.29 is 4.39 Å². The molecule has 0 aliphatic heterocycles. The van der Waals surface area contributed by atoms with Gasteiger partial charge in [-0.15, -0.1) is 22.9 Å². The molecule has 1 aromatic heterocycles. The number of thiazole rings is 1. The van der Waals surface area contributed by atoms with E-state index >= 15 is 0 Å². The second kappa shape index (κ2) is 5.67. The summed E-state index contributed by atoms with van der Waals surface area (Å²) in [5, 5.41) is 3.06. The summed E-state index contributed by atoms with van der Waals surface area (Å²) in [4.78, 5) is 6.36. The molecule has 0 unspecified atom stereocenters. The molecule has 96 valence electrons. The zero-order valence-corrected chi connectivity index (χ0v) is 11.9. The second-order valence-corrected chi connectivity index (χ2v) is 5.49. The van der Waals surface area contributed by atoms with Crippen LogP contribution in [0.25, 0.3) is 0 Å². The highest BCUT2D eigenvalue weighted by Crippen LogP contribution is 2.21. The third-order valence-corrected chi connectivity index (χ3v) is 3.73. The number of hydrogen-bond acceptors (Lipinski definition) is 3. The number of halogens is 2. The molecule has 0 aliphatic rings. The number of anilines is 1. The van der Waals surface area contributed by atoms with Crippen molar-refractivity contribution in [2.24, 2.45) is 0 Å². The minimum atomic E-state index is -0.260. The van der Waals surface area contributed by atoms with Crippen molar-refractivity contribution >= 4 is 28.6 Å². The van der Waals surface area contributed by atoms with E-state index in [2.05, 4.69) is 4.98 Å². The monoisotopic (exact) mass is 284 g/mol. The Hall–Kier alpha value is -1.13. The van der Waals surface area contributed by atoms with Gasteiger partial charge in [0.1, 0.15) is 5.82 Å². The van der Waals surface area contributed by atoms with E-state index in [1.165, 1.54) is 12.1 Å². The van der Waals surface area contributed by atoms with Crippen LogP contribution in [0.3, 0.4) is 0 Å². The Morgan fingerprint density at radius 3 is 2.78 bits per heavy atom. The molecule has 0 bridgehead atoms. The Balaban J connectivity index is 2.17. The lowest BCUT2D eigenvalue weighted by atomic mass is 10.2. The fourth-order valence-electron chi connectivity index (χ4n) is 1.75. The van der Waals surface area contributed by atoms with E-state index in [4.69, 9.17) is 11.6 Å². The maximum Gasteiger partial charge on any atom is 0.125 e. The summed E-state index contributed by atoms with van der Waals surface area (Å²) in [5.41, 5.74) is 2.60. The number of rotatable bonds is 4. The predicted octanol–water partition coefficient (Wildman–Crippen LogP) is 3.97. The van der Waals surface area contributed by atoms with Gasteiger partial charge in [0.15, 0.2) is 0 Å². The maximum atomic E-state index is 13.4. The molecule has 0 fully saturated rings. The molecule has 0 saturated heterocycles. The minimum absolute atomic E-state index is 0.260. The van der Waals surface area contributed by atoms with Crippen molar-refractivity contribution in [3.8, 4) is 0 Å². The highest BCUT2D eigenvalue weighted by molar-refractivity contribution is 7.09. The van der Waals surface area contributed by atoms with Crippen LogP contribution in [0, 0.1) is 12.7 Å². The number of aryl methyl sites for hydroxylation is 1. The summed E-state index contributed by atoms with van der Waals surface area (Å²) in [6, 6.07) is 4.86. The summed E-state index contributed by atoms with van der Waals surface area (Å²) in [6.45, 7) is 2.64. The minimum Gasteiger partial charge on any atom is -0.369 e. The van der Waals surface area contributed by atoms with Crippen LogP contribution >= 0.6 is 22.9 Å². The molecule has 0 spiro atoms. The maximum absolute atomic E-state index is 13.4. The van der Waals surface area contributed by atoms with Crippen LogP contribution < -0.4 is 4.90 Å². The average Bonchev–Trinajstić information content (AvgIpc) is 2.73. The first kappa shape index (κ1) is 13.3. The first-order chi connectivity index (χ1) is 8.58. The fraction of sp³-hybridized carbons (Fsp3) is 0.308. The van der Waals surface area contributed by atoms with Gasteiger partial charge in [-0.05, 0) is 30.7 Å². The van der Waals surface area contributed by atoms with Gasteiger partial charge in [0.2, 0.25) is 0 Å². The SMILES string of the molecule is Cc1nc(CN(C)c2cc(F)cc(CCl)c2)cs1. The Labute approximate surface area is 115 Å². The molecule has 0 amide bonds. The normalized spacial score (nSPS) is 10.7. The van der Waals surface area contributed by atoms with Gasteiger partial charge >= 0.3 is 0 Å². The highest BCUT2D eigenvalue weighted by atomic mass is 35.5. The molecule has 1 aromatic carbocycles. The van der Waals surface area contributed by atoms with E-state index in [0.29, 0.717) is 12.4 Å². The van der Waals surface area contributed by atoms with Crippen molar-refractivity contribution in [1.82, 2.24) is 4.98 Å². The topological polar surface area (TPSA) is 16.1 Å². The average molecular weight is 285 g/mol. The van der Waals surface area contributed by atoms with Crippen molar-refractivity contribution in [3.05, 3.63) is 45.7 Å². The van der Waals surface area contributed by atoms with E-state index in [1.807, 2.05) is 30.3 Å². The molecule has 0 aliphatic carbocycles. The molecule has 0 N–H and O–H groups in total. The Morgan fingerprint density at radius 2 is 2.17 bits per heavy atom. The quantitative estimate of drug-likeness (QED) is 0.790. The molecule has 2 aromatic rings. The zero-order chi connectivity index (χ0) is 13.1. The molecule has 5 heteroatoms. The van der Waals surface area contributed by atoms with Gasteiger partial charge in [-0.2, -0.15) is 0 Å². The first-order valence-electron chi connectivity index (χ1n) is 5.56. The lowest BCUT2D eigenvalue weighted by Crippen LogP contribution is -2.17. The number of alkyl halides is 1. The molecule has 0 radical (unpaired) electrons. The van der Waals surface area contributed by atoms with E-state index < -0.39 is 0 Å². The van der Waals surface area contributed by atoms with Gasteiger partial charge in [-0.1, -0.05) is 0 Å². The lowest BCUT2D eigenvalue weighted by Gasteiger charge is -2.19. The van der Waals surface area contributed by atoms with Gasteiger partial charge in [0.05, 0.1) is 17.2 Å². The summed E-state index contributed by atoms with van der Waals surface area (Å²) >= 11 is 7.36. The van der Waals surface area contributed by atoms with Gasteiger partial charge in [-0.3, -0.25) is 0 Å². The summed E-state index contributed by atoms with van der Waals surface area (Å²) in [7, 11) is 1.92. The number of hydrogen-bond donors (Lipinski definition) is 0. The predicted molar refractivity (Wildman–Crippen MR) is 74.9 cm³/mol. The van der Waals surface area contributed by atoms with Crippen LogP contribution in [0.5, 0.6) is 0 Å². The third-order valence-electron chi connectivity index (χ3n) is 2.60. The molecule has 2 rings (SSSR count). The molecular weight excluding hydrogens is 271 g/mol. The Kier molecular flexibility index (Phi) is 4.19. The molecule has 0 atom stereocenters. The van der Waals surface area contributed by atoms with Crippen LogP contribution in [-0.2, 0) is 12.4 Å². The van der Waals surface area contributed by atoms with Crippen LogP contribution in [-0.4, -0.2) is 12.0 Å². The molecular formula is C13H14ClFN2S. The van der Waals surface area contributed by atoms with Crippen LogP contribution in [0.15, 0.2) is 23.6 Å². The van der Waals surface area contributed by atoms with E-state index in [1.54, 1.807) is 11.3 Å². The zero-order valence-electron chi connectivity index (χ0n) is 10.3. The van der Waals surface area contributed by atoms with E-state index in [0.717, 1.165) is 22.0 Å². The van der Waals surface area contributed by atoms with Gasteiger partial charge in [-0.25, -0.2) is 9.37 Å². The summed E-state index contributed by atoms with van der Waals surface area (Å²) < 4.78 is 13.4. The third kappa shape index (κ3) is 3.21. The molecule has 2 nitrogen and oxygen atoms in total. The first-order valence-corrected chi connectivity index (χ1v) is 6.97. The molecule has 1 heterocycles. The highest BCUT2D eigenvalue weighted by Gasteiger charge is 2.07. The fourth-order valence-corrected chi connectivity index (χ4v) is 2.50. The molecule has 18 heavy (non-hydrogen) atoms. The van der Waals surface area contributed by atoms with E-state index in [-0.39, 0.29) is 5.82 Å². The van der Waals surface area contributed by atoms with E-state index in [9.17, 15) is 4.39 Å². The standard InChI is InChI=1S/C13H14ClFN2S/c1-9-16-12(8-18-9)7-17(2)13-4-10(6-14)3-11(15)5-13/h3-5,8H,6-7H2,1-2H3. The summed E-state index contributed by atoms with van der Waals surface area (Å²) in [5.74, 6) is 0.0541. The van der Waals surface area contributed by atoms with Crippen molar-refractivity contribution in [2.45, 2.75) is 19.3 Å². The number of nitrogens with zero attached hydrogens (tertiary/aromatic N) is 2. The smallest absolute Gasteiger partial charge is 0.125 e. The van der Waals surface area contributed by atoms with Gasteiger partial charge in [0, 0.05) is 24.0 Å². The lowest BCUT2D eigenvalue weighted by molar-refractivity contribution is 0.625. The van der Waals surface area contributed by atoms with Crippen molar-refractivity contribution in [2.75, 3.05) is 11.9 Å².